The largest absolute Gasteiger partial charge is 0.391 e. The van der Waals surface area contributed by atoms with Crippen molar-refractivity contribution in [3.63, 3.8) is 0 Å². The number of carbonyl (C=O) groups is 2. The van der Waals surface area contributed by atoms with Gasteiger partial charge in [0.2, 0.25) is 5.91 Å². The minimum atomic E-state index is -1.06. The fourth-order valence-corrected chi connectivity index (χ4v) is 3.23. The third-order valence-electron chi connectivity index (χ3n) is 4.96. The maximum absolute atomic E-state index is 12.8. The monoisotopic (exact) mass is 411 g/mol. The molecule has 0 aliphatic rings. The topological polar surface area (TPSA) is 91.3 Å². The molecule has 0 bridgehead atoms. The van der Waals surface area contributed by atoms with Crippen LogP contribution in [0.3, 0.4) is 0 Å². The molecule has 0 spiro atoms. The van der Waals surface area contributed by atoms with E-state index >= 15 is 0 Å². The highest BCUT2D eigenvalue weighted by molar-refractivity contribution is 5.96. The number of nitrogens with one attached hydrogen (secondary N) is 2. The van der Waals surface area contributed by atoms with Gasteiger partial charge in [0.05, 0.1) is 11.8 Å². The maximum atomic E-state index is 12.8. The van der Waals surface area contributed by atoms with Gasteiger partial charge in [-0.2, -0.15) is 0 Å². The summed E-state index contributed by atoms with van der Waals surface area (Å²) in [5, 5.41) is 15.8. The molecule has 6 nitrogen and oxygen atoms in total. The van der Waals surface area contributed by atoms with Crippen LogP contribution in [0.2, 0.25) is 0 Å². The summed E-state index contributed by atoms with van der Waals surface area (Å²) in [6.45, 7) is 9.78. The van der Waals surface area contributed by atoms with E-state index in [0.29, 0.717) is 11.6 Å². The van der Waals surface area contributed by atoms with Crippen molar-refractivity contribution >= 4 is 11.8 Å². The molecule has 1 aromatic heterocycles. The molecule has 0 saturated carbocycles. The van der Waals surface area contributed by atoms with Gasteiger partial charge >= 0.3 is 0 Å². The Balaban J connectivity index is 2.14. The second-order valence-electron chi connectivity index (χ2n) is 8.45. The smallest absolute Gasteiger partial charge is 0.270 e. The summed E-state index contributed by atoms with van der Waals surface area (Å²) in [5.41, 5.74) is 1.75. The minimum absolute atomic E-state index is 0.0322. The zero-order chi connectivity index (χ0) is 22.3. The summed E-state index contributed by atoms with van der Waals surface area (Å²) in [6, 6.07) is 13.6. The Morgan fingerprint density at radius 2 is 1.60 bits per heavy atom. The van der Waals surface area contributed by atoms with Gasteiger partial charge < -0.3 is 15.7 Å². The Bertz CT molecular complexity index is 835. The van der Waals surface area contributed by atoms with Crippen LogP contribution in [0.4, 0.5) is 0 Å². The van der Waals surface area contributed by atoms with Crippen molar-refractivity contribution < 1.29 is 14.7 Å². The standard InChI is InChI=1S/C24H33N3O3/c1-15(2)14-21(16(3)4)26-24(30)22(17(5)28)27-23(29)20-13-9-12-19(25-20)18-10-7-6-8-11-18/h6-13,15-17,21-22,28H,14H2,1-5H3,(H,26,30)(H,27,29)/t17-,21?,22+/m1/s1. The molecule has 2 aromatic rings. The summed E-state index contributed by atoms with van der Waals surface area (Å²) < 4.78 is 0. The van der Waals surface area contributed by atoms with Gasteiger partial charge in [0.15, 0.2) is 0 Å². The molecular weight excluding hydrogens is 378 g/mol. The van der Waals surface area contributed by atoms with Crippen LogP contribution < -0.4 is 10.6 Å². The number of hydrogen-bond donors (Lipinski definition) is 3. The lowest BCUT2D eigenvalue weighted by Crippen LogP contribution is -2.55. The second kappa shape index (κ2) is 10.9. The summed E-state index contributed by atoms with van der Waals surface area (Å²) >= 11 is 0. The Hall–Kier alpha value is -2.73. The average Bonchev–Trinajstić information content (AvgIpc) is 2.71. The van der Waals surface area contributed by atoms with E-state index in [0.717, 1.165) is 12.0 Å². The molecule has 0 radical (unpaired) electrons. The second-order valence-corrected chi connectivity index (χ2v) is 8.45. The van der Waals surface area contributed by atoms with Crippen LogP contribution >= 0.6 is 0 Å². The molecule has 162 valence electrons. The van der Waals surface area contributed by atoms with E-state index in [1.165, 1.54) is 6.92 Å². The van der Waals surface area contributed by atoms with Crippen LogP contribution in [0.15, 0.2) is 48.5 Å². The zero-order valence-corrected chi connectivity index (χ0v) is 18.4. The Labute approximate surface area is 179 Å². The predicted molar refractivity (Wildman–Crippen MR) is 119 cm³/mol. The van der Waals surface area contributed by atoms with E-state index in [4.69, 9.17) is 0 Å². The van der Waals surface area contributed by atoms with Gasteiger partial charge in [-0.3, -0.25) is 9.59 Å². The highest BCUT2D eigenvalue weighted by Crippen LogP contribution is 2.17. The molecule has 3 atom stereocenters. The minimum Gasteiger partial charge on any atom is -0.391 e. The van der Waals surface area contributed by atoms with E-state index in [1.54, 1.807) is 12.1 Å². The van der Waals surface area contributed by atoms with Gasteiger partial charge in [-0.25, -0.2) is 4.98 Å². The SMILES string of the molecule is CC(C)CC(NC(=O)[C@@H](NC(=O)c1cccc(-c2ccccc2)n1)[C@@H](C)O)C(C)C. The lowest BCUT2D eigenvalue weighted by atomic mass is 9.94. The lowest BCUT2D eigenvalue weighted by molar-refractivity contribution is -0.126. The highest BCUT2D eigenvalue weighted by Gasteiger charge is 2.29. The van der Waals surface area contributed by atoms with Crippen molar-refractivity contribution in [1.82, 2.24) is 15.6 Å². The molecule has 1 heterocycles. The number of nitrogens with zero attached hydrogens (tertiary/aromatic N) is 1. The summed E-state index contributed by atoms with van der Waals surface area (Å²) in [5.74, 6) is -0.233. The molecule has 0 fully saturated rings. The molecule has 1 unspecified atom stereocenters. The normalized spacial score (nSPS) is 14.3. The fourth-order valence-electron chi connectivity index (χ4n) is 3.23. The van der Waals surface area contributed by atoms with Crippen LogP contribution in [0.5, 0.6) is 0 Å². The van der Waals surface area contributed by atoms with Crippen molar-refractivity contribution in [3.8, 4) is 11.3 Å². The highest BCUT2D eigenvalue weighted by atomic mass is 16.3. The van der Waals surface area contributed by atoms with Gasteiger partial charge in [-0.05, 0) is 37.3 Å². The maximum Gasteiger partial charge on any atom is 0.270 e. The third kappa shape index (κ3) is 6.66. The van der Waals surface area contributed by atoms with E-state index in [-0.39, 0.29) is 17.7 Å². The summed E-state index contributed by atoms with van der Waals surface area (Å²) in [7, 11) is 0. The van der Waals surface area contributed by atoms with Gasteiger partial charge in [0, 0.05) is 11.6 Å². The number of amides is 2. The molecule has 2 amide bonds. The predicted octanol–water partition coefficient (Wildman–Crippen LogP) is 3.41. The molecule has 0 aliphatic heterocycles. The number of aromatic nitrogens is 1. The Kier molecular flexibility index (Phi) is 8.54. The molecule has 0 saturated heterocycles. The fraction of sp³-hybridized carbons (Fsp3) is 0.458. The molecule has 0 aliphatic carbocycles. The van der Waals surface area contributed by atoms with Crippen molar-refractivity contribution in [3.05, 3.63) is 54.2 Å². The Morgan fingerprint density at radius 3 is 2.17 bits per heavy atom. The Morgan fingerprint density at radius 1 is 0.933 bits per heavy atom. The van der Waals surface area contributed by atoms with Crippen molar-refractivity contribution in [2.24, 2.45) is 11.8 Å². The number of hydrogen-bond acceptors (Lipinski definition) is 4. The number of benzene rings is 1. The summed E-state index contributed by atoms with van der Waals surface area (Å²) in [6.07, 6.45) is -0.219. The summed E-state index contributed by atoms with van der Waals surface area (Å²) in [4.78, 5) is 30.0. The quantitative estimate of drug-likeness (QED) is 0.590. The zero-order valence-electron chi connectivity index (χ0n) is 18.4. The van der Waals surface area contributed by atoms with Crippen molar-refractivity contribution in [2.45, 2.75) is 59.2 Å². The number of aliphatic hydroxyl groups excluding tert-OH is 1. The van der Waals surface area contributed by atoms with Gasteiger partial charge in [-0.15, -0.1) is 0 Å². The number of carbonyl (C=O) groups excluding carboxylic acids is 2. The van der Waals surface area contributed by atoms with E-state index in [2.05, 4.69) is 29.5 Å². The van der Waals surface area contributed by atoms with Crippen LogP contribution in [0, 0.1) is 11.8 Å². The number of rotatable bonds is 9. The van der Waals surface area contributed by atoms with Crippen LogP contribution in [-0.4, -0.2) is 40.1 Å². The first-order valence-corrected chi connectivity index (χ1v) is 10.5. The molecule has 1 aromatic carbocycles. The van der Waals surface area contributed by atoms with Crippen molar-refractivity contribution in [1.29, 1.82) is 0 Å². The molecule has 6 heteroatoms. The number of pyridine rings is 1. The third-order valence-corrected chi connectivity index (χ3v) is 4.96. The molecule has 3 N–H and O–H groups in total. The average molecular weight is 412 g/mol. The van der Waals surface area contributed by atoms with Crippen LogP contribution in [0.1, 0.15) is 51.5 Å². The van der Waals surface area contributed by atoms with Crippen molar-refractivity contribution in [2.75, 3.05) is 0 Å². The van der Waals surface area contributed by atoms with E-state index in [1.807, 2.05) is 50.2 Å². The first kappa shape index (κ1) is 23.5. The number of aliphatic hydroxyl groups is 1. The first-order valence-electron chi connectivity index (χ1n) is 10.5. The van der Waals surface area contributed by atoms with Gasteiger partial charge in [0.25, 0.3) is 5.91 Å². The van der Waals surface area contributed by atoms with Gasteiger partial charge in [0.1, 0.15) is 11.7 Å². The van der Waals surface area contributed by atoms with Crippen LogP contribution in [-0.2, 0) is 4.79 Å². The van der Waals surface area contributed by atoms with Gasteiger partial charge in [-0.1, -0.05) is 64.1 Å². The van der Waals surface area contributed by atoms with E-state index in [9.17, 15) is 14.7 Å². The molecule has 30 heavy (non-hydrogen) atoms. The molecular formula is C24H33N3O3. The lowest BCUT2D eigenvalue weighted by Gasteiger charge is -2.28. The first-order chi connectivity index (χ1) is 14.2. The van der Waals surface area contributed by atoms with E-state index < -0.39 is 24.0 Å². The molecule has 2 rings (SSSR count). The van der Waals surface area contributed by atoms with Crippen LogP contribution in [0.25, 0.3) is 11.3 Å².